The zero-order valence-corrected chi connectivity index (χ0v) is 9.36. The van der Waals surface area contributed by atoms with Crippen molar-refractivity contribution in [2.24, 2.45) is 0 Å². The minimum atomic E-state index is -2.96. The Balaban J connectivity index is 3.97. The fourth-order valence-electron chi connectivity index (χ4n) is 0.977. The van der Waals surface area contributed by atoms with Crippen molar-refractivity contribution in [3.63, 3.8) is 0 Å². The summed E-state index contributed by atoms with van der Waals surface area (Å²) in [4.78, 5) is 10.6. The summed E-state index contributed by atoms with van der Waals surface area (Å²) in [6.45, 7) is 5.05. The summed E-state index contributed by atoms with van der Waals surface area (Å²) >= 11 is 0. The standard InChI is InChI=1S/C9H18O3S/c1-4-9(3)13(11,12)7-5-6-8(2)10/h9H,4-7H2,1-3H3. The van der Waals surface area contributed by atoms with Crippen LogP contribution in [-0.2, 0) is 14.6 Å². The lowest BCUT2D eigenvalue weighted by Gasteiger charge is -2.09. The molecule has 1 unspecified atom stereocenters. The number of hydrogen-bond donors (Lipinski definition) is 0. The molecule has 4 heteroatoms. The van der Waals surface area contributed by atoms with Gasteiger partial charge in [0.1, 0.15) is 5.78 Å². The van der Waals surface area contributed by atoms with Gasteiger partial charge in [-0.05, 0) is 26.7 Å². The van der Waals surface area contributed by atoms with Gasteiger partial charge in [-0.25, -0.2) is 8.42 Å². The van der Waals surface area contributed by atoms with E-state index in [9.17, 15) is 13.2 Å². The summed E-state index contributed by atoms with van der Waals surface area (Å²) in [5.74, 6) is 0.195. The number of Topliss-reactive ketones (excluding diaryl/α,β-unsaturated/α-hetero) is 1. The molecule has 0 aromatic rings. The third-order valence-corrected chi connectivity index (χ3v) is 4.56. The van der Waals surface area contributed by atoms with E-state index in [1.165, 1.54) is 6.92 Å². The predicted octanol–water partition coefficient (Wildman–Crippen LogP) is 1.57. The van der Waals surface area contributed by atoms with Gasteiger partial charge in [0.15, 0.2) is 9.84 Å². The SMILES string of the molecule is CCC(C)S(=O)(=O)CCCC(C)=O. The third-order valence-electron chi connectivity index (χ3n) is 2.15. The Morgan fingerprint density at radius 1 is 1.38 bits per heavy atom. The van der Waals surface area contributed by atoms with Crippen LogP contribution in [0.5, 0.6) is 0 Å². The van der Waals surface area contributed by atoms with Gasteiger partial charge < -0.3 is 4.79 Å². The van der Waals surface area contributed by atoms with Crippen molar-refractivity contribution in [3.8, 4) is 0 Å². The van der Waals surface area contributed by atoms with Crippen LogP contribution in [0.25, 0.3) is 0 Å². The Hall–Kier alpha value is -0.380. The average molecular weight is 206 g/mol. The van der Waals surface area contributed by atoms with Crippen LogP contribution in [0.1, 0.15) is 40.0 Å². The molecule has 0 N–H and O–H groups in total. The van der Waals surface area contributed by atoms with Crippen LogP contribution in [0.3, 0.4) is 0 Å². The van der Waals surface area contributed by atoms with Crippen LogP contribution in [0.4, 0.5) is 0 Å². The Morgan fingerprint density at radius 2 is 1.92 bits per heavy atom. The lowest BCUT2D eigenvalue weighted by molar-refractivity contribution is -0.117. The molecule has 0 saturated carbocycles. The van der Waals surface area contributed by atoms with Crippen molar-refractivity contribution in [1.82, 2.24) is 0 Å². The van der Waals surface area contributed by atoms with Crippen LogP contribution in [0.15, 0.2) is 0 Å². The third kappa shape index (κ3) is 5.03. The van der Waals surface area contributed by atoms with Gasteiger partial charge in [-0.15, -0.1) is 0 Å². The minimum Gasteiger partial charge on any atom is -0.300 e. The van der Waals surface area contributed by atoms with E-state index >= 15 is 0 Å². The minimum absolute atomic E-state index is 0.0550. The molecule has 0 aliphatic carbocycles. The highest BCUT2D eigenvalue weighted by Crippen LogP contribution is 2.08. The van der Waals surface area contributed by atoms with E-state index in [4.69, 9.17) is 0 Å². The Morgan fingerprint density at radius 3 is 2.31 bits per heavy atom. The first-order chi connectivity index (χ1) is 5.90. The van der Waals surface area contributed by atoms with Crippen molar-refractivity contribution in [2.45, 2.75) is 45.3 Å². The van der Waals surface area contributed by atoms with E-state index in [0.717, 1.165) is 0 Å². The number of carbonyl (C=O) groups excluding carboxylic acids is 1. The predicted molar refractivity (Wildman–Crippen MR) is 53.5 cm³/mol. The van der Waals surface area contributed by atoms with E-state index in [-0.39, 0.29) is 16.8 Å². The van der Waals surface area contributed by atoms with Gasteiger partial charge in [0, 0.05) is 6.42 Å². The summed E-state index contributed by atoms with van der Waals surface area (Å²) in [7, 11) is -2.96. The van der Waals surface area contributed by atoms with Gasteiger partial charge in [-0.1, -0.05) is 6.92 Å². The molecule has 0 amide bonds. The summed E-state index contributed by atoms with van der Waals surface area (Å²) in [6.07, 6.45) is 1.47. The number of sulfone groups is 1. The summed E-state index contributed by atoms with van der Waals surface area (Å²) in [5.41, 5.74) is 0. The first-order valence-corrected chi connectivity index (χ1v) is 6.32. The fourth-order valence-corrected chi connectivity index (χ4v) is 2.43. The number of rotatable bonds is 6. The van der Waals surface area contributed by atoms with Gasteiger partial charge in [0.05, 0.1) is 11.0 Å². The maximum atomic E-state index is 11.4. The molecule has 0 aliphatic heterocycles. The van der Waals surface area contributed by atoms with Gasteiger partial charge in [0.25, 0.3) is 0 Å². The first-order valence-electron chi connectivity index (χ1n) is 4.61. The molecule has 0 bridgehead atoms. The molecule has 0 heterocycles. The van der Waals surface area contributed by atoms with E-state index in [1.54, 1.807) is 6.92 Å². The second-order valence-electron chi connectivity index (χ2n) is 3.39. The van der Waals surface area contributed by atoms with E-state index in [2.05, 4.69) is 0 Å². The largest absolute Gasteiger partial charge is 0.300 e. The van der Waals surface area contributed by atoms with Crippen molar-refractivity contribution in [2.75, 3.05) is 5.75 Å². The maximum absolute atomic E-state index is 11.4. The Labute approximate surface area is 80.4 Å². The first kappa shape index (κ1) is 12.6. The van der Waals surface area contributed by atoms with Crippen molar-refractivity contribution in [1.29, 1.82) is 0 Å². The number of hydrogen-bond acceptors (Lipinski definition) is 3. The lowest BCUT2D eigenvalue weighted by Crippen LogP contribution is -2.20. The zero-order chi connectivity index (χ0) is 10.5. The number of ketones is 1. The van der Waals surface area contributed by atoms with Gasteiger partial charge in [0.2, 0.25) is 0 Å². The molecule has 0 aliphatic rings. The molecule has 0 radical (unpaired) electrons. The van der Waals surface area contributed by atoms with Crippen molar-refractivity contribution < 1.29 is 13.2 Å². The fraction of sp³-hybridized carbons (Fsp3) is 0.889. The van der Waals surface area contributed by atoms with E-state index in [0.29, 0.717) is 19.3 Å². The summed E-state index contributed by atoms with van der Waals surface area (Å²) in [5, 5.41) is -0.278. The van der Waals surface area contributed by atoms with Crippen LogP contribution < -0.4 is 0 Å². The average Bonchev–Trinajstić information content (AvgIpc) is 2.01. The molecular weight excluding hydrogens is 188 g/mol. The van der Waals surface area contributed by atoms with Crippen molar-refractivity contribution >= 4 is 15.6 Å². The molecule has 0 rings (SSSR count). The second-order valence-corrected chi connectivity index (χ2v) is 5.93. The lowest BCUT2D eigenvalue weighted by atomic mass is 10.3. The maximum Gasteiger partial charge on any atom is 0.152 e. The van der Waals surface area contributed by atoms with E-state index in [1.807, 2.05) is 6.92 Å². The topological polar surface area (TPSA) is 51.2 Å². The highest BCUT2D eigenvalue weighted by atomic mass is 32.2. The molecule has 0 spiro atoms. The molecule has 1 atom stereocenters. The van der Waals surface area contributed by atoms with Gasteiger partial charge >= 0.3 is 0 Å². The molecule has 13 heavy (non-hydrogen) atoms. The normalized spacial score (nSPS) is 14.1. The Kier molecular flexibility index (Phi) is 5.21. The number of carbonyl (C=O) groups is 1. The molecule has 3 nitrogen and oxygen atoms in total. The molecule has 0 aromatic heterocycles. The molecular formula is C9H18O3S. The van der Waals surface area contributed by atoms with Crippen LogP contribution in [0.2, 0.25) is 0 Å². The highest BCUT2D eigenvalue weighted by molar-refractivity contribution is 7.91. The zero-order valence-electron chi connectivity index (χ0n) is 8.54. The smallest absolute Gasteiger partial charge is 0.152 e. The highest BCUT2D eigenvalue weighted by Gasteiger charge is 2.18. The molecule has 0 saturated heterocycles. The molecule has 0 aromatic carbocycles. The summed E-state index contributed by atoms with van der Waals surface area (Å²) < 4.78 is 22.9. The molecule has 0 fully saturated rings. The van der Waals surface area contributed by atoms with Crippen LogP contribution in [0, 0.1) is 0 Å². The Bertz CT molecular complexity index is 254. The monoisotopic (exact) mass is 206 g/mol. The van der Waals surface area contributed by atoms with E-state index < -0.39 is 9.84 Å². The van der Waals surface area contributed by atoms with Crippen molar-refractivity contribution in [3.05, 3.63) is 0 Å². The molecule has 78 valence electrons. The quantitative estimate of drug-likeness (QED) is 0.663. The van der Waals surface area contributed by atoms with Gasteiger partial charge in [-0.2, -0.15) is 0 Å². The van der Waals surface area contributed by atoms with Crippen LogP contribution >= 0.6 is 0 Å². The van der Waals surface area contributed by atoms with Crippen LogP contribution in [-0.4, -0.2) is 25.2 Å². The summed E-state index contributed by atoms with van der Waals surface area (Å²) in [6, 6.07) is 0. The second kappa shape index (κ2) is 5.37. The van der Waals surface area contributed by atoms with Gasteiger partial charge in [-0.3, -0.25) is 0 Å².